The summed E-state index contributed by atoms with van der Waals surface area (Å²) < 4.78 is 0. The van der Waals surface area contributed by atoms with Gasteiger partial charge in [0.15, 0.2) is 0 Å². The molecule has 1 fully saturated rings. The number of piperidine rings is 1. The van der Waals surface area contributed by atoms with Crippen molar-refractivity contribution in [2.24, 2.45) is 4.99 Å². The molecule has 0 saturated carbocycles. The first-order valence-electron chi connectivity index (χ1n) is 6.70. The number of hydrogen-bond donors (Lipinski definition) is 1. The molecular weight excluding hydrogens is 256 g/mol. The van der Waals surface area contributed by atoms with E-state index in [1.54, 1.807) is 18.6 Å². The molecule has 0 unspecified atom stereocenters. The molecule has 20 heavy (non-hydrogen) atoms. The third-order valence-corrected chi connectivity index (χ3v) is 3.86. The molecule has 3 heterocycles. The minimum atomic E-state index is -0.599. The van der Waals surface area contributed by atoms with E-state index in [1.807, 2.05) is 19.0 Å². The Morgan fingerprint density at radius 3 is 2.60 bits per heavy atom. The Morgan fingerprint density at radius 2 is 2.05 bits per heavy atom. The molecule has 1 saturated heterocycles. The predicted octanol–water partition coefficient (Wildman–Crippen LogP) is -0.137. The maximum Gasteiger partial charge on any atom is 0.254 e. The van der Waals surface area contributed by atoms with Gasteiger partial charge in [-0.25, -0.2) is 9.98 Å². The van der Waals surface area contributed by atoms with Crippen LogP contribution < -0.4 is 10.2 Å². The lowest BCUT2D eigenvalue weighted by atomic mass is 9.88. The lowest BCUT2D eigenvalue weighted by Gasteiger charge is -2.35. The van der Waals surface area contributed by atoms with Gasteiger partial charge in [-0.15, -0.1) is 0 Å². The first-order valence-corrected chi connectivity index (χ1v) is 6.70. The molecule has 7 heteroatoms. The van der Waals surface area contributed by atoms with Crippen LogP contribution in [-0.2, 0) is 4.79 Å². The summed E-state index contributed by atoms with van der Waals surface area (Å²) in [6, 6.07) is 0. The molecule has 3 rings (SSSR count). The standard InChI is InChI=1S/C13H18N6O/c1-18(2)12-16-11(20)13(17-12)3-7-19(8-4-13)10-9-14-5-6-15-10/h5-6,9H,3-4,7-8H2,1-2H3,(H,16,17,20). The molecule has 2 aliphatic heterocycles. The van der Waals surface area contributed by atoms with E-state index in [0.717, 1.165) is 18.9 Å². The van der Waals surface area contributed by atoms with Gasteiger partial charge in [-0.1, -0.05) is 0 Å². The number of aromatic nitrogens is 2. The minimum Gasteiger partial charge on any atom is -0.355 e. The molecule has 1 amide bonds. The third kappa shape index (κ3) is 2.09. The summed E-state index contributed by atoms with van der Waals surface area (Å²) in [5.41, 5.74) is -0.599. The van der Waals surface area contributed by atoms with Crippen molar-refractivity contribution in [1.82, 2.24) is 20.2 Å². The van der Waals surface area contributed by atoms with Gasteiger partial charge in [0.25, 0.3) is 5.91 Å². The Hall–Kier alpha value is -2.18. The van der Waals surface area contributed by atoms with Crippen LogP contribution in [0.4, 0.5) is 5.82 Å². The van der Waals surface area contributed by atoms with Crippen LogP contribution in [0.2, 0.25) is 0 Å². The van der Waals surface area contributed by atoms with E-state index in [0.29, 0.717) is 18.8 Å². The summed E-state index contributed by atoms with van der Waals surface area (Å²) in [5, 5.41) is 2.86. The maximum absolute atomic E-state index is 12.2. The van der Waals surface area contributed by atoms with Gasteiger partial charge in [-0.05, 0) is 12.8 Å². The molecule has 0 bridgehead atoms. The summed E-state index contributed by atoms with van der Waals surface area (Å²) in [4.78, 5) is 29.2. The van der Waals surface area contributed by atoms with Crippen LogP contribution in [0.3, 0.4) is 0 Å². The predicted molar refractivity (Wildman–Crippen MR) is 75.5 cm³/mol. The number of carbonyl (C=O) groups is 1. The molecule has 1 N–H and O–H groups in total. The highest BCUT2D eigenvalue weighted by Gasteiger charge is 2.46. The van der Waals surface area contributed by atoms with Crippen molar-refractivity contribution in [3.05, 3.63) is 18.6 Å². The number of carbonyl (C=O) groups excluding carboxylic acids is 1. The van der Waals surface area contributed by atoms with Crippen molar-refractivity contribution in [1.29, 1.82) is 0 Å². The number of nitrogens with zero attached hydrogens (tertiary/aromatic N) is 5. The van der Waals surface area contributed by atoms with Crippen molar-refractivity contribution in [2.75, 3.05) is 32.1 Å². The number of anilines is 1. The lowest BCUT2D eigenvalue weighted by molar-refractivity contribution is -0.124. The van der Waals surface area contributed by atoms with E-state index in [9.17, 15) is 4.79 Å². The summed E-state index contributed by atoms with van der Waals surface area (Å²) in [6.45, 7) is 1.52. The third-order valence-electron chi connectivity index (χ3n) is 3.86. The molecule has 2 aliphatic rings. The number of amides is 1. The Balaban J connectivity index is 1.74. The van der Waals surface area contributed by atoms with Gasteiger partial charge in [-0.2, -0.15) is 0 Å². The van der Waals surface area contributed by atoms with Gasteiger partial charge in [0, 0.05) is 39.6 Å². The second-order valence-electron chi connectivity index (χ2n) is 5.37. The zero-order valence-electron chi connectivity index (χ0n) is 11.7. The van der Waals surface area contributed by atoms with Crippen LogP contribution in [0.5, 0.6) is 0 Å². The van der Waals surface area contributed by atoms with Crippen molar-refractivity contribution >= 4 is 17.7 Å². The molecule has 0 aromatic carbocycles. The summed E-state index contributed by atoms with van der Waals surface area (Å²) in [5.74, 6) is 1.53. The normalized spacial score (nSPS) is 20.8. The van der Waals surface area contributed by atoms with E-state index >= 15 is 0 Å². The van der Waals surface area contributed by atoms with Crippen LogP contribution in [0, 0.1) is 0 Å². The molecule has 0 atom stereocenters. The Labute approximate surface area is 117 Å². The highest BCUT2D eigenvalue weighted by Crippen LogP contribution is 2.31. The van der Waals surface area contributed by atoms with E-state index < -0.39 is 5.54 Å². The van der Waals surface area contributed by atoms with E-state index in [2.05, 4.69) is 25.2 Å². The Bertz CT molecular complexity index is 533. The fourth-order valence-electron chi connectivity index (χ4n) is 2.61. The quantitative estimate of drug-likeness (QED) is 0.772. The summed E-state index contributed by atoms with van der Waals surface area (Å²) in [7, 11) is 3.76. The first-order chi connectivity index (χ1) is 9.61. The first kappa shape index (κ1) is 12.8. The number of nitrogens with one attached hydrogen (secondary N) is 1. The topological polar surface area (TPSA) is 73.7 Å². The molecule has 0 aliphatic carbocycles. The fraction of sp³-hybridized carbons (Fsp3) is 0.538. The maximum atomic E-state index is 12.2. The van der Waals surface area contributed by atoms with Crippen LogP contribution in [0.15, 0.2) is 23.6 Å². The zero-order valence-corrected chi connectivity index (χ0v) is 11.7. The smallest absolute Gasteiger partial charge is 0.254 e. The number of hydrogen-bond acceptors (Lipinski definition) is 6. The van der Waals surface area contributed by atoms with Gasteiger partial charge in [-0.3, -0.25) is 15.1 Å². The highest BCUT2D eigenvalue weighted by molar-refractivity contribution is 6.07. The van der Waals surface area contributed by atoms with E-state index in [-0.39, 0.29) is 5.91 Å². The molecule has 1 aromatic heterocycles. The van der Waals surface area contributed by atoms with Crippen LogP contribution in [0.25, 0.3) is 0 Å². The molecule has 106 valence electrons. The van der Waals surface area contributed by atoms with Gasteiger partial charge in [0.1, 0.15) is 11.4 Å². The number of rotatable bonds is 1. The monoisotopic (exact) mass is 274 g/mol. The highest BCUT2D eigenvalue weighted by atomic mass is 16.2. The Morgan fingerprint density at radius 1 is 1.30 bits per heavy atom. The van der Waals surface area contributed by atoms with Crippen LogP contribution in [-0.4, -0.2) is 59.5 Å². The largest absolute Gasteiger partial charge is 0.355 e. The van der Waals surface area contributed by atoms with Gasteiger partial charge < -0.3 is 9.80 Å². The average Bonchev–Trinajstić information content (AvgIpc) is 2.78. The summed E-state index contributed by atoms with van der Waals surface area (Å²) in [6.07, 6.45) is 6.50. The molecule has 1 spiro atoms. The van der Waals surface area contributed by atoms with Crippen LogP contribution in [0.1, 0.15) is 12.8 Å². The number of guanidine groups is 1. The van der Waals surface area contributed by atoms with Crippen molar-refractivity contribution in [2.45, 2.75) is 18.4 Å². The molecule has 0 radical (unpaired) electrons. The lowest BCUT2D eigenvalue weighted by Crippen LogP contribution is -2.49. The minimum absolute atomic E-state index is 0.0139. The van der Waals surface area contributed by atoms with Gasteiger partial charge in [0.2, 0.25) is 5.96 Å². The van der Waals surface area contributed by atoms with Gasteiger partial charge >= 0.3 is 0 Å². The van der Waals surface area contributed by atoms with Gasteiger partial charge in [0.05, 0.1) is 6.20 Å². The second kappa shape index (κ2) is 4.73. The fourth-order valence-corrected chi connectivity index (χ4v) is 2.61. The zero-order chi connectivity index (χ0) is 14.2. The van der Waals surface area contributed by atoms with E-state index in [4.69, 9.17) is 0 Å². The second-order valence-corrected chi connectivity index (χ2v) is 5.37. The number of aliphatic imine (C=N–C) groups is 1. The van der Waals surface area contributed by atoms with E-state index in [1.165, 1.54) is 0 Å². The van der Waals surface area contributed by atoms with Crippen molar-refractivity contribution in [3.63, 3.8) is 0 Å². The van der Waals surface area contributed by atoms with Crippen molar-refractivity contribution in [3.8, 4) is 0 Å². The van der Waals surface area contributed by atoms with Crippen LogP contribution >= 0.6 is 0 Å². The van der Waals surface area contributed by atoms with Crippen molar-refractivity contribution < 1.29 is 4.79 Å². The average molecular weight is 274 g/mol. The SMILES string of the molecule is CN(C)C1=NC2(CCN(c3cnccn3)CC2)C(=O)N1. The molecule has 1 aromatic rings. The summed E-state index contributed by atoms with van der Waals surface area (Å²) >= 11 is 0. The Kier molecular flexibility index (Phi) is 3.04. The molecule has 7 nitrogen and oxygen atoms in total. The molecular formula is C13H18N6O.